The van der Waals surface area contributed by atoms with Crippen molar-refractivity contribution in [3.8, 4) is 0 Å². The lowest BCUT2D eigenvalue weighted by Crippen LogP contribution is -2.47. The molecule has 0 aromatic carbocycles. The average Bonchev–Trinajstić information content (AvgIpc) is 3.01. The fraction of sp³-hybridized carbons (Fsp3) is 0.706. The molecule has 0 spiro atoms. The SMILES string of the molecule is CCC(C)NC(=NCCc1ccco1)NC1CCCCC1. The van der Waals surface area contributed by atoms with Gasteiger partial charge in [0.25, 0.3) is 0 Å². The maximum atomic E-state index is 5.36. The van der Waals surface area contributed by atoms with Gasteiger partial charge in [0.1, 0.15) is 5.76 Å². The average molecular weight is 291 g/mol. The Balaban J connectivity index is 1.86. The van der Waals surface area contributed by atoms with Gasteiger partial charge in [-0.25, -0.2) is 0 Å². The Hall–Kier alpha value is -1.45. The summed E-state index contributed by atoms with van der Waals surface area (Å²) in [5.41, 5.74) is 0. The van der Waals surface area contributed by atoms with Crippen molar-refractivity contribution in [2.45, 2.75) is 70.9 Å². The number of hydrogen-bond donors (Lipinski definition) is 2. The molecule has 4 nitrogen and oxygen atoms in total. The van der Waals surface area contributed by atoms with Gasteiger partial charge in [-0.1, -0.05) is 26.2 Å². The highest BCUT2D eigenvalue weighted by Gasteiger charge is 2.15. The smallest absolute Gasteiger partial charge is 0.191 e. The molecule has 1 fully saturated rings. The second kappa shape index (κ2) is 8.75. The van der Waals surface area contributed by atoms with E-state index in [1.807, 2.05) is 12.1 Å². The van der Waals surface area contributed by atoms with E-state index in [1.54, 1.807) is 6.26 Å². The summed E-state index contributed by atoms with van der Waals surface area (Å²) in [5, 5.41) is 7.11. The molecule has 118 valence electrons. The van der Waals surface area contributed by atoms with Gasteiger partial charge < -0.3 is 15.1 Å². The molecule has 1 saturated carbocycles. The van der Waals surface area contributed by atoms with Crippen molar-refractivity contribution in [1.29, 1.82) is 0 Å². The fourth-order valence-corrected chi connectivity index (χ4v) is 2.64. The van der Waals surface area contributed by atoms with Crippen molar-refractivity contribution in [2.75, 3.05) is 6.54 Å². The van der Waals surface area contributed by atoms with E-state index in [4.69, 9.17) is 9.41 Å². The molecular weight excluding hydrogens is 262 g/mol. The molecular formula is C17H29N3O. The minimum Gasteiger partial charge on any atom is -0.469 e. The Labute approximate surface area is 128 Å². The van der Waals surface area contributed by atoms with E-state index >= 15 is 0 Å². The van der Waals surface area contributed by atoms with Crippen LogP contribution in [0, 0.1) is 0 Å². The molecule has 2 N–H and O–H groups in total. The molecule has 4 heteroatoms. The normalized spacial score (nSPS) is 18.5. The van der Waals surface area contributed by atoms with E-state index in [2.05, 4.69) is 24.5 Å². The number of nitrogens with one attached hydrogen (secondary N) is 2. The molecule has 0 radical (unpaired) electrons. The minimum absolute atomic E-state index is 0.448. The molecule has 1 aliphatic rings. The zero-order valence-electron chi connectivity index (χ0n) is 13.4. The summed E-state index contributed by atoms with van der Waals surface area (Å²) in [5.74, 6) is 1.96. The summed E-state index contributed by atoms with van der Waals surface area (Å²) in [6.07, 6.45) is 10.2. The molecule has 0 amide bonds. The number of rotatable bonds is 6. The lowest BCUT2D eigenvalue weighted by atomic mass is 9.96. The van der Waals surface area contributed by atoms with Crippen LogP contribution in [0.5, 0.6) is 0 Å². The van der Waals surface area contributed by atoms with Gasteiger partial charge in [0, 0.05) is 25.0 Å². The first kappa shape index (κ1) is 15.9. The standard InChI is InChI=1S/C17H29N3O/c1-3-14(2)19-17(20-15-8-5-4-6-9-15)18-12-11-16-10-7-13-21-16/h7,10,13-15H,3-6,8-9,11-12H2,1-2H3,(H2,18,19,20). The Morgan fingerprint density at radius 2 is 2.19 bits per heavy atom. The largest absolute Gasteiger partial charge is 0.469 e. The Morgan fingerprint density at radius 1 is 1.38 bits per heavy atom. The van der Waals surface area contributed by atoms with E-state index in [0.29, 0.717) is 12.1 Å². The quantitative estimate of drug-likeness (QED) is 0.623. The van der Waals surface area contributed by atoms with Crippen molar-refractivity contribution >= 4 is 5.96 Å². The molecule has 1 aromatic heterocycles. The summed E-state index contributed by atoms with van der Waals surface area (Å²) in [6, 6.07) is 4.96. The Morgan fingerprint density at radius 3 is 2.86 bits per heavy atom. The third-order valence-electron chi connectivity index (χ3n) is 4.15. The molecule has 1 aromatic rings. The van der Waals surface area contributed by atoms with Crippen LogP contribution in [-0.2, 0) is 6.42 Å². The highest BCUT2D eigenvalue weighted by atomic mass is 16.3. The minimum atomic E-state index is 0.448. The van der Waals surface area contributed by atoms with Gasteiger partial charge in [-0.15, -0.1) is 0 Å². The maximum absolute atomic E-state index is 5.36. The van der Waals surface area contributed by atoms with Crippen molar-refractivity contribution in [3.63, 3.8) is 0 Å². The van der Waals surface area contributed by atoms with E-state index in [-0.39, 0.29) is 0 Å². The second-order valence-electron chi connectivity index (χ2n) is 5.99. The van der Waals surface area contributed by atoms with Crippen LogP contribution in [0.4, 0.5) is 0 Å². The predicted octanol–water partition coefficient (Wildman–Crippen LogP) is 3.49. The van der Waals surface area contributed by atoms with Crippen molar-refractivity contribution in [2.24, 2.45) is 4.99 Å². The number of guanidine groups is 1. The van der Waals surface area contributed by atoms with Gasteiger partial charge in [-0.2, -0.15) is 0 Å². The number of furan rings is 1. The monoisotopic (exact) mass is 291 g/mol. The molecule has 2 rings (SSSR count). The summed E-state index contributed by atoms with van der Waals surface area (Å²) in [6.45, 7) is 5.15. The summed E-state index contributed by atoms with van der Waals surface area (Å²) in [7, 11) is 0. The lowest BCUT2D eigenvalue weighted by Gasteiger charge is -2.26. The van der Waals surface area contributed by atoms with Gasteiger partial charge in [0.05, 0.1) is 6.26 Å². The molecule has 0 aliphatic heterocycles. The molecule has 1 unspecified atom stereocenters. The maximum Gasteiger partial charge on any atom is 0.191 e. The van der Waals surface area contributed by atoms with Gasteiger partial charge in [-0.05, 0) is 38.3 Å². The van der Waals surface area contributed by atoms with Crippen LogP contribution >= 0.6 is 0 Å². The highest BCUT2D eigenvalue weighted by molar-refractivity contribution is 5.80. The molecule has 1 atom stereocenters. The number of aliphatic imine (C=N–C) groups is 1. The summed E-state index contributed by atoms with van der Waals surface area (Å²) in [4.78, 5) is 4.72. The van der Waals surface area contributed by atoms with E-state index in [9.17, 15) is 0 Å². The fourth-order valence-electron chi connectivity index (χ4n) is 2.64. The summed E-state index contributed by atoms with van der Waals surface area (Å²) >= 11 is 0. The molecule has 1 aliphatic carbocycles. The van der Waals surface area contributed by atoms with Crippen molar-refractivity contribution in [3.05, 3.63) is 24.2 Å². The zero-order valence-corrected chi connectivity index (χ0v) is 13.4. The van der Waals surface area contributed by atoms with Crippen LogP contribution in [0.25, 0.3) is 0 Å². The zero-order chi connectivity index (χ0) is 14.9. The van der Waals surface area contributed by atoms with E-state index in [1.165, 1.54) is 32.1 Å². The molecule has 1 heterocycles. The van der Waals surface area contributed by atoms with Crippen molar-refractivity contribution < 1.29 is 4.42 Å². The summed E-state index contributed by atoms with van der Waals surface area (Å²) < 4.78 is 5.36. The van der Waals surface area contributed by atoms with Crippen LogP contribution in [-0.4, -0.2) is 24.6 Å². The van der Waals surface area contributed by atoms with Crippen molar-refractivity contribution in [1.82, 2.24) is 10.6 Å². The predicted molar refractivity (Wildman–Crippen MR) is 87.6 cm³/mol. The Bertz CT molecular complexity index is 408. The topological polar surface area (TPSA) is 49.6 Å². The first-order valence-corrected chi connectivity index (χ1v) is 8.38. The van der Waals surface area contributed by atoms with E-state index in [0.717, 1.165) is 31.1 Å². The van der Waals surface area contributed by atoms with Crippen LogP contribution in [0.1, 0.15) is 58.1 Å². The molecule has 21 heavy (non-hydrogen) atoms. The van der Waals surface area contributed by atoms with Gasteiger partial charge in [0.2, 0.25) is 0 Å². The van der Waals surface area contributed by atoms with E-state index < -0.39 is 0 Å². The van der Waals surface area contributed by atoms with Gasteiger partial charge in [0.15, 0.2) is 5.96 Å². The third kappa shape index (κ3) is 5.82. The van der Waals surface area contributed by atoms with Gasteiger partial charge >= 0.3 is 0 Å². The highest BCUT2D eigenvalue weighted by Crippen LogP contribution is 2.17. The van der Waals surface area contributed by atoms with Crippen LogP contribution in [0.15, 0.2) is 27.8 Å². The Kier molecular flexibility index (Phi) is 6.64. The first-order valence-electron chi connectivity index (χ1n) is 8.38. The number of hydrogen-bond acceptors (Lipinski definition) is 2. The molecule has 0 saturated heterocycles. The van der Waals surface area contributed by atoms with Crippen LogP contribution in [0.2, 0.25) is 0 Å². The van der Waals surface area contributed by atoms with Crippen LogP contribution < -0.4 is 10.6 Å². The second-order valence-corrected chi connectivity index (χ2v) is 5.99. The number of nitrogens with zero attached hydrogens (tertiary/aromatic N) is 1. The van der Waals surface area contributed by atoms with Crippen LogP contribution in [0.3, 0.4) is 0 Å². The third-order valence-corrected chi connectivity index (χ3v) is 4.15. The lowest BCUT2D eigenvalue weighted by molar-refractivity contribution is 0.407. The van der Waals surface area contributed by atoms with Gasteiger partial charge in [-0.3, -0.25) is 4.99 Å². The molecule has 0 bridgehead atoms. The first-order chi connectivity index (χ1) is 10.3.